The van der Waals surface area contributed by atoms with Crippen LogP contribution in [0.4, 0.5) is 0 Å². The van der Waals surface area contributed by atoms with Gasteiger partial charge in [0.25, 0.3) is 0 Å². The third-order valence-corrected chi connectivity index (χ3v) is 10.3. The molecule has 2 saturated carbocycles. The molecule has 33 heavy (non-hydrogen) atoms. The van der Waals surface area contributed by atoms with Crippen molar-refractivity contribution in [3.05, 3.63) is 35.1 Å². The van der Waals surface area contributed by atoms with E-state index in [1.54, 1.807) is 32.9 Å². The van der Waals surface area contributed by atoms with Crippen molar-refractivity contribution in [2.24, 2.45) is 33.5 Å². The topological polar surface area (TPSA) is 113 Å². The molecule has 2 aliphatic heterocycles. The molecule has 7 nitrogen and oxygen atoms in total. The van der Waals surface area contributed by atoms with Gasteiger partial charge in [0.05, 0.1) is 23.0 Å². The van der Waals surface area contributed by atoms with E-state index in [1.165, 1.54) is 6.08 Å². The number of hydrogen-bond donors (Lipinski definition) is 2. The molecule has 6 aliphatic rings. The maximum atomic E-state index is 14.1. The van der Waals surface area contributed by atoms with Crippen LogP contribution in [0, 0.1) is 33.5 Å². The predicted octanol–water partition coefficient (Wildman–Crippen LogP) is 2.59. The molecular formula is C26H30O7. The smallest absolute Gasteiger partial charge is 0.334 e. The average Bonchev–Trinajstić information content (AvgIpc) is 3.23. The highest BCUT2D eigenvalue weighted by Gasteiger charge is 2.88. The summed E-state index contributed by atoms with van der Waals surface area (Å²) in [5, 5.41) is 23.1. The fourth-order valence-corrected chi connectivity index (χ4v) is 9.10. The number of carbonyl (C=O) groups excluding carboxylic acids is 3. The van der Waals surface area contributed by atoms with Crippen molar-refractivity contribution in [3.63, 3.8) is 0 Å². The van der Waals surface area contributed by atoms with Gasteiger partial charge in [-0.15, -0.1) is 0 Å². The molecular weight excluding hydrogens is 424 g/mol. The summed E-state index contributed by atoms with van der Waals surface area (Å²) in [6, 6.07) is 0. The molecule has 2 N–H and O–H groups in total. The molecule has 1 spiro atoms. The molecule has 0 aromatic heterocycles. The lowest BCUT2D eigenvalue weighted by Crippen LogP contribution is -2.70. The summed E-state index contributed by atoms with van der Waals surface area (Å²) in [6.07, 6.45) is 4.82. The predicted molar refractivity (Wildman–Crippen MR) is 116 cm³/mol. The summed E-state index contributed by atoms with van der Waals surface area (Å²) in [5.74, 6) is -2.18. The molecule has 7 heteroatoms. The first kappa shape index (κ1) is 21.3. The van der Waals surface area contributed by atoms with Gasteiger partial charge in [-0.25, -0.2) is 4.79 Å². The van der Waals surface area contributed by atoms with Crippen molar-refractivity contribution in [2.45, 2.75) is 65.3 Å². The van der Waals surface area contributed by atoms with Crippen molar-refractivity contribution in [1.29, 1.82) is 0 Å². The maximum absolute atomic E-state index is 14.1. The van der Waals surface area contributed by atoms with Gasteiger partial charge in [-0.2, -0.15) is 0 Å². The highest BCUT2D eigenvalue weighted by molar-refractivity contribution is 6.06. The second-order valence-electron chi connectivity index (χ2n) is 11.9. The Labute approximate surface area is 192 Å². The Kier molecular flexibility index (Phi) is 3.67. The summed E-state index contributed by atoms with van der Waals surface area (Å²) in [6.45, 7) is 9.38. The van der Waals surface area contributed by atoms with Crippen molar-refractivity contribution in [2.75, 3.05) is 6.61 Å². The Morgan fingerprint density at radius 1 is 1.09 bits per heavy atom. The van der Waals surface area contributed by atoms with Gasteiger partial charge in [0.1, 0.15) is 12.2 Å². The third-order valence-electron chi connectivity index (χ3n) is 10.3. The molecule has 176 valence electrons. The van der Waals surface area contributed by atoms with Crippen LogP contribution in [0.2, 0.25) is 0 Å². The van der Waals surface area contributed by atoms with Gasteiger partial charge < -0.3 is 19.7 Å². The molecule has 0 aromatic rings. The summed E-state index contributed by atoms with van der Waals surface area (Å²) in [4.78, 5) is 39.3. The van der Waals surface area contributed by atoms with Gasteiger partial charge in [-0.3, -0.25) is 9.59 Å². The Balaban J connectivity index is 1.58. The van der Waals surface area contributed by atoms with Gasteiger partial charge in [0.2, 0.25) is 5.78 Å². The molecule has 8 atom stereocenters. The molecule has 8 unspecified atom stereocenters. The first-order chi connectivity index (χ1) is 15.3. The minimum absolute atomic E-state index is 0.181. The quantitative estimate of drug-likeness (QED) is 0.462. The van der Waals surface area contributed by atoms with Gasteiger partial charge in [-0.05, 0) is 51.3 Å². The van der Waals surface area contributed by atoms with Crippen LogP contribution < -0.4 is 0 Å². The van der Waals surface area contributed by atoms with E-state index in [0.717, 1.165) is 0 Å². The van der Waals surface area contributed by atoms with E-state index >= 15 is 0 Å². The van der Waals surface area contributed by atoms with Crippen LogP contribution in [0.15, 0.2) is 35.1 Å². The lowest BCUT2D eigenvalue weighted by Gasteiger charge is -2.63. The number of aliphatic hydroxyl groups excluding tert-OH is 2. The summed E-state index contributed by atoms with van der Waals surface area (Å²) >= 11 is 0. The van der Waals surface area contributed by atoms with E-state index in [-0.39, 0.29) is 36.1 Å². The van der Waals surface area contributed by atoms with E-state index in [9.17, 15) is 24.6 Å². The van der Waals surface area contributed by atoms with E-state index in [2.05, 4.69) is 0 Å². The van der Waals surface area contributed by atoms with Crippen LogP contribution in [0.1, 0.15) is 47.5 Å². The number of ketones is 2. The number of allylic oxidation sites excluding steroid dienone is 4. The lowest BCUT2D eigenvalue weighted by atomic mass is 9.38. The van der Waals surface area contributed by atoms with Crippen LogP contribution in [0.3, 0.4) is 0 Å². The van der Waals surface area contributed by atoms with Gasteiger partial charge in [0.15, 0.2) is 11.5 Å². The molecule has 2 heterocycles. The summed E-state index contributed by atoms with van der Waals surface area (Å²) in [5.41, 5.74) is -3.83. The zero-order valence-electron chi connectivity index (χ0n) is 19.6. The number of carbonyl (C=O) groups is 3. The van der Waals surface area contributed by atoms with Crippen molar-refractivity contribution in [3.8, 4) is 0 Å². The molecule has 0 radical (unpaired) electrons. The number of hydrogen-bond acceptors (Lipinski definition) is 7. The van der Waals surface area contributed by atoms with Gasteiger partial charge in [0, 0.05) is 28.2 Å². The number of fused-ring (bicyclic) bond motifs is 3. The van der Waals surface area contributed by atoms with Gasteiger partial charge in [-0.1, -0.05) is 19.9 Å². The minimum Gasteiger partial charge on any atom is -0.504 e. The Morgan fingerprint density at radius 2 is 1.79 bits per heavy atom. The second-order valence-corrected chi connectivity index (χ2v) is 11.9. The normalized spacial score (nSPS) is 51.5. The zero-order valence-corrected chi connectivity index (χ0v) is 19.6. The summed E-state index contributed by atoms with van der Waals surface area (Å²) < 4.78 is 11.6. The number of rotatable bonds is 1. The average molecular weight is 455 g/mol. The molecule has 0 amide bonds. The first-order valence-corrected chi connectivity index (χ1v) is 11.7. The SMILES string of the molecule is CC1(C)C(=O)C=CC2(C)C1=C(O)C(=O)C1(C)C2C(O)CC2(C)C(C3=CCOC3=O)CC3OC321. The summed E-state index contributed by atoms with van der Waals surface area (Å²) in [7, 11) is 0. The first-order valence-electron chi connectivity index (χ1n) is 11.7. The Bertz CT molecular complexity index is 1140. The highest BCUT2D eigenvalue weighted by atomic mass is 16.6. The molecule has 0 bridgehead atoms. The largest absolute Gasteiger partial charge is 0.504 e. The van der Waals surface area contributed by atoms with E-state index in [1.807, 2.05) is 13.8 Å². The number of ether oxygens (including phenoxy) is 2. The Morgan fingerprint density at radius 3 is 2.42 bits per heavy atom. The maximum Gasteiger partial charge on any atom is 0.334 e. The highest BCUT2D eigenvalue weighted by Crippen LogP contribution is 2.80. The molecule has 3 fully saturated rings. The number of epoxide rings is 1. The Hall–Kier alpha value is -2.25. The number of Topliss-reactive ketones (excluding diaryl/α,β-unsaturated/α-hetero) is 1. The van der Waals surface area contributed by atoms with E-state index in [0.29, 0.717) is 24.0 Å². The molecule has 6 rings (SSSR count). The number of aliphatic hydroxyl groups is 2. The van der Waals surface area contributed by atoms with Crippen LogP contribution in [-0.2, 0) is 23.9 Å². The third kappa shape index (κ3) is 1.97. The van der Waals surface area contributed by atoms with Crippen LogP contribution >= 0.6 is 0 Å². The van der Waals surface area contributed by atoms with Crippen molar-refractivity contribution < 1.29 is 34.1 Å². The fourth-order valence-electron chi connectivity index (χ4n) is 9.10. The van der Waals surface area contributed by atoms with Crippen LogP contribution in [-0.4, -0.2) is 52.2 Å². The van der Waals surface area contributed by atoms with E-state index < -0.39 is 45.1 Å². The number of cyclic esters (lactones) is 1. The lowest BCUT2D eigenvalue weighted by molar-refractivity contribution is -0.190. The van der Waals surface area contributed by atoms with Gasteiger partial charge >= 0.3 is 5.97 Å². The molecule has 4 aliphatic carbocycles. The number of esters is 1. The van der Waals surface area contributed by atoms with Crippen molar-refractivity contribution in [1.82, 2.24) is 0 Å². The molecule has 0 aromatic carbocycles. The fraction of sp³-hybridized carbons (Fsp3) is 0.654. The monoisotopic (exact) mass is 454 g/mol. The van der Waals surface area contributed by atoms with Crippen molar-refractivity contribution >= 4 is 17.5 Å². The standard InChI is InChI=1S/C26H30O7/c1-22(2)15(28)6-8-23(3)18-14(27)11-24(4)13(12-7-9-32-21(12)31)10-16-26(24,33-16)25(18,5)20(30)17(29)19(22)23/h6-8,13-14,16,18,27,29H,9-11H2,1-5H3. The van der Waals surface area contributed by atoms with E-state index in [4.69, 9.17) is 9.47 Å². The molecule has 1 saturated heterocycles. The zero-order chi connectivity index (χ0) is 23.9. The van der Waals surface area contributed by atoms with Crippen LogP contribution in [0.25, 0.3) is 0 Å². The van der Waals surface area contributed by atoms with Crippen LogP contribution in [0.5, 0.6) is 0 Å². The minimum atomic E-state index is -1.23. The second kappa shape index (κ2) is 5.69.